The molecule has 4 N–H and O–H groups in total. The SMILES string of the molecule is CC(=O)c1c(O)c(C)c(O)c2c1OC1=CC(=O)/C(=C(/C)Nc3ccc(O)cn3)C(=O)[C@@]12C. The van der Waals surface area contributed by atoms with Crippen LogP contribution in [0.25, 0.3) is 0 Å². The van der Waals surface area contributed by atoms with Crippen molar-refractivity contribution in [1.29, 1.82) is 0 Å². The molecule has 0 amide bonds. The van der Waals surface area contributed by atoms with E-state index in [0.29, 0.717) is 5.82 Å². The first-order chi connectivity index (χ1) is 15.0. The fourth-order valence-electron chi connectivity index (χ4n) is 4.08. The van der Waals surface area contributed by atoms with Gasteiger partial charge in [0.15, 0.2) is 17.3 Å². The molecule has 9 heteroatoms. The smallest absolute Gasteiger partial charge is 0.194 e. The van der Waals surface area contributed by atoms with Crippen molar-refractivity contribution in [3.05, 3.63) is 58.1 Å². The average Bonchev–Trinajstić information content (AvgIpc) is 3.01. The van der Waals surface area contributed by atoms with Crippen LogP contribution in [0.15, 0.2) is 41.4 Å². The number of nitrogens with one attached hydrogen (secondary N) is 1. The molecule has 164 valence electrons. The summed E-state index contributed by atoms with van der Waals surface area (Å²) in [7, 11) is 0. The molecule has 0 fully saturated rings. The first-order valence-corrected chi connectivity index (χ1v) is 9.70. The monoisotopic (exact) mass is 436 g/mol. The zero-order valence-corrected chi connectivity index (χ0v) is 17.7. The first kappa shape index (κ1) is 21.1. The molecule has 1 aromatic carbocycles. The van der Waals surface area contributed by atoms with Gasteiger partial charge in [-0.2, -0.15) is 0 Å². The number of ether oxygens (including phenoxy) is 1. The van der Waals surface area contributed by atoms with E-state index in [1.54, 1.807) is 0 Å². The fraction of sp³-hybridized carbons (Fsp3) is 0.217. The third-order valence-electron chi connectivity index (χ3n) is 5.82. The number of allylic oxidation sites excluding steroid dienone is 4. The van der Waals surface area contributed by atoms with Gasteiger partial charge in [-0.3, -0.25) is 14.4 Å². The largest absolute Gasteiger partial charge is 0.507 e. The quantitative estimate of drug-likeness (QED) is 0.324. The molecular formula is C23H20N2O7. The summed E-state index contributed by atoms with van der Waals surface area (Å²) in [5.74, 6) is -2.52. The van der Waals surface area contributed by atoms with E-state index in [1.807, 2.05) is 0 Å². The lowest BCUT2D eigenvalue weighted by atomic mass is 9.70. The number of nitrogens with zero attached hydrogens (tertiary/aromatic N) is 1. The van der Waals surface area contributed by atoms with Crippen LogP contribution in [0.2, 0.25) is 0 Å². The van der Waals surface area contributed by atoms with Crippen LogP contribution in [0.3, 0.4) is 0 Å². The molecule has 0 spiro atoms. The van der Waals surface area contributed by atoms with Gasteiger partial charge in [0.05, 0.1) is 17.3 Å². The molecule has 2 heterocycles. The van der Waals surface area contributed by atoms with Gasteiger partial charge in [0.1, 0.15) is 45.6 Å². The van der Waals surface area contributed by atoms with E-state index < -0.39 is 28.5 Å². The maximum absolute atomic E-state index is 13.7. The lowest BCUT2D eigenvalue weighted by Crippen LogP contribution is -2.40. The van der Waals surface area contributed by atoms with E-state index in [4.69, 9.17) is 4.74 Å². The Morgan fingerprint density at radius 1 is 1.12 bits per heavy atom. The van der Waals surface area contributed by atoms with Gasteiger partial charge in [-0.15, -0.1) is 0 Å². The molecule has 0 radical (unpaired) electrons. The first-order valence-electron chi connectivity index (χ1n) is 9.70. The molecule has 2 aliphatic rings. The molecule has 1 aliphatic carbocycles. The van der Waals surface area contributed by atoms with E-state index >= 15 is 0 Å². The van der Waals surface area contributed by atoms with Crippen LogP contribution in [-0.2, 0) is 15.0 Å². The Kier molecular flexibility index (Phi) is 4.58. The number of carbonyl (C=O) groups is 3. The van der Waals surface area contributed by atoms with E-state index in [-0.39, 0.29) is 51.0 Å². The lowest BCUT2D eigenvalue weighted by molar-refractivity contribution is -0.123. The van der Waals surface area contributed by atoms with Gasteiger partial charge in [-0.25, -0.2) is 4.98 Å². The van der Waals surface area contributed by atoms with Crippen LogP contribution in [0.4, 0.5) is 5.82 Å². The number of Topliss-reactive ketones (excluding diaryl/α,β-unsaturated/α-hetero) is 2. The summed E-state index contributed by atoms with van der Waals surface area (Å²) in [5.41, 5.74) is -1.66. The molecule has 0 saturated carbocycles. The standard InChI is InChI=1S/C23H20N2O7/c1-9-19(29)17(11(3)26)21-18(20(9)30)23(4)14(32-21)7-13(28)16(22(23)31)10(2)25-15-6-5-12(27)8-24-15/h5-8,27,29-30H,1-4H3,(H,24,25)/b16-10+/t23-/m0/s1. The van der Waals surface area contributed by atoms with Crippen LogP contribution >= 0.6 is 0 Å². The van der Waals surface area contributed by atoms with Crippen molar-refractivity contribution in [3.8, 4) is 23.0 Å². The molecular weight excluding hydrogens is 416 g/mol. The predicted molar refractivity (Wildman–Crippen MR) is 113 cm³/mol. The lowest BCUT2D eigenvalue weighted by Gasteiger charge is -2.29. The number of hydrogen-bond acceptors (Lipinski definition) is 9. The number of phenols is 2. The van der Waals surface area contributed by atoms with Gasteiger partial charge in [0, 0.05) is 17.3 Å². The van der Waals surface area contributed by atoms with Gasteiger partial charge in [-0.1, -0.05) is 0 Å². The van der Waals surface area contributed by atoms with E-state index in [1.165, 1.54) is 46.0 Å². The molecule has 0 unspecified atom stereocenters. The molecule has 32 heavy (non-hydrogen) atoms. The third-order valence-corrected chi connectivity index (χ3v) is 5.82. The van der Waals surface area contributed by atoms with Crippen molar-refractivity contribution in [3.63, 3.8) is 0 Å². The Labute approximate surface area is 182 Å². The number of carbonyl (C=O) groups excluding carboxylic acids is 3. The molecule has 0 saturated heterocycles. The van der Waals surface area contributed by atoms with Crippen molar-refractivity contribution in [2.24, 2.45) is 0 Å². The second-order valence-electron chi connectivity index (χ2n) is 7.91. The van der Waals surface area contributed by atoms with Crippen LogP contribution in [0, 0.1) is 6.92 Å². The van der Waals surface area contributed by atoms with Crippen molar-refractivity contribution in [2.75, 3.05) is 5.32 Å². The van der Waals surface area contributed by atoms with Gasteiger partial charge in [0.25, 0.3) is 0 Å². The Hall–Kier alpha value is -4.14. The van der Waals surface area contributed by atoms with E-state index in [2.05, 4.69) is 10.3 Å². The summed E-state index contributed by atoms with van der Waals surface area (Å²) in [6, 6.07) is 2.87. The Morgan fingerprint density at radius 3 is 2.41 bits per heavy atom. The molecule has 9 nitrogen and oxygen atoms in total. The highest BCUT2D eigenvalue weighted by atomic mass is 16.5. The average molecular weight is 436 g/mol. The summed E-state index contributed by atoms with van der Waals surface area (Å²) in [6.45, 7) is 5.67. The maximum Gasteiger partial charge on any atom is 0.194 e. The van der Waals surface area contributed by atoms with E-state index in [9.17, 15) is 29.7 Å². The molecule has 2 aromatic rings. The number of pyridine rings is 1. The summed E-state index contributed by atoms with van der Waals surface area (Å²) in [5, 5.41) is 33.5. The second-order valence-corrected chi connectivity index (χ2v) is 7.91. The minimum atomic E-state index is -1.59. The zero-order chi connectivity index (χ0) is 23.5. The molecule has 4 rings (SSSR count). The number of anilines is 1. The number of ketones is 3. The summed E-state index contributed by atoms with van der Waals surface area (Å²) >= 11 is 0. The highest BCUT2D eigenvalue weighted by molar-refractivity contribution is 6.31. The highest BCUT2D eigenvalue weighted by Crippen LogP contribution is 2.57. The van der Waals surface area contributed by atoms with Crippen molar-refractivity contribution in [2.45, 2.75) is 33.1 Å². The normalized spacial score (nSPS) is 20.8. The van der Waals surface area contributed by atoms with Gasteiger partial charge in [-0.05, 0) is 39.8 Å². The van der Waals surface area contributed by atoms with E-state index in [0.717, 1.165) is 6.08 Å². The Balaban J connectivity index is 1.91. The molecule has 1 atom stereocenters. The molecule has 1 aromatic heterocycles. The number of fused-ring (bicyclic) bond motifs is 3. The summed E-state index contributed by atoms with van der Waals surface area (Å²) in [4.78, 5) is 42.7. The number of phenolic OH excluding ortho intramolecular Hbond substituents is 2. The molecule has 1 aliphatic heterocycles. The number of rotatable bonds is 3. The number of aromatic hydroxyl groups is 3. The van der Waals surface area contributed by atoms with Crippen LogP contribution in [-0.4, -0.2) is 37.7 Å². The fourth-order valence-corrected chi connectivity index (χ4v) is 4.08. The van der Waals surface area contributed by atoms with Crippen molar-refractivity contribution in [1.82, 2.24) is 4.98 Å². The van der Waals surface area contributed by atoms with Crippen LogP contribution in [0.1, 0.15) is 42.3 Å². The Morgan fingerprint density at radius 2 is 1.81 bits per heavy atom. The van der Waals surface area contributed by atoms with Crippen molar-refractivity contribution >= 4 is 23.2 Å². The highest BCUT2D eigenvalue weighted by Gasteiger charge is 2.56. The van der Waals surface area contributed by atoms with Crippen LogP contribution < -0.4 is 10.1 Å². The summed E-state index contributed by atoms with van der Waals surface area (Å²) in [6.07, 6.45) is 2.35. The zero-order valence-electron chi connectivity index (χ0n) is 17.7. The number of hydrogen-bond donors (Lipinski definition) is 4. The second kappa shape index (κ2) is 6.94. The number of aromatic nitrogens is 1. The van der Waals surface area contributed by atoms with Gasteiger partial charge < -0.3 is 25.4 Å². The number of benzene rings is 1. The Bertz CT molecular complexity index is 1290. The van der Waals surface area contributed by atoms with Crippen molar-refractivity contribution < 1.29 is 34.4 Å². The van der Waals surface area contributed by atoms with Gasteiger partial charge >= 0.3 is 0 Å². The molecule has 0 bridgehead atoms. The topological polar surface area (TPSA) is 146 Å². The minimum absolute atomic E-state index is 0.0230. The minimum Gasteiger partial charge on any atom is -0.507 e. The predicted octanol–water partition coefficient (Wildman–Crippen LogP) is 2.78. The summed E-state index contributed by atoms with van der Waals surface area (Å²) < 4.78 is 5.72. The van der Waals surface area contributed by atoms with Crippen LogP contribution in [0.5, 0.6) is 23.0 Å². The third kappa shape index (κ3) is 2.78. The van der Waals surface area contributed by atoms with Gasteiger partial charge in [0.2, 0.25) is 0 Å². The maximum atomic E-state index is 13.7.